The normalized spacial score (nSPS) is 11.3. The van der Waals surface area contributed by atoms with E-state index in [1.54, 1.807) is 35.6 Å². The lowest BCUT2D eigenvalue weighted by Crippen LogP contribution is -2.25. The van der Waals surface area contributed by atoms with Crippen molar-refractivity contribution in [1.29, 1.82) is 0 Å². The van der Waals surface area contributed by atoms with Crippen LogP contribution in [0.3, 0.4) is 0 Å². The molecular formula is C19H13ClN2O3S. The van der Waals surface area contributed by atoms with E-state index < -0.39 is 5.97 Å². The first kappa shape index (κ1) is 16.8. The molecular weight excluding hydrogens is 372 g/mol. The number of carbonyl (C=O) groups is 1. The Morgan fingerprint density at radius 2 is 1.92 bits per heavy atom. The zero-order chi connectivity index (χ0) is 18.3. The molecule has 5 nitrogen and oxygen atoms in total. The van der Waals surface area contributed by atoms with E-state index in [1.165, 1.54) is 4.68 Å². The van der Waals surface area contributed by atoms with Crippen LogP contribution < -0.4 is 5.56 Å². The number of aromatic nitrogens is 2. The second-order valence-electron chi connectivity index (χ2n) is 5.92. The first-order valence-electron chi connectivity index (χ1n) is 7.90. The van der Waals surface area contributed by atoms with E-state index in [0.717, 1.165) is 15.0 Å². The Labute approximate surface area is 157 Å². The van der Waals surface area contributed by atoms with Crippen molar-refractivity contribution in [2.45, 2.75) is 13.0 Å². The van der Waals surface area contributed by atoms with E-state index in [9.17, 15) is 9.59 Å². The molecule has 0 aliphatic carbocycles. The van der Waals surface area contributed by atoms with Gasteiger partial charge < -0.3 is 5.11 Å². The highest BCUT2D eigenvalue weighted by Crippen LogP contribution is 2.28. The molecule has 0 unspecified atom stereocenters. The fourth-order valence-electron chi connectivity index (χ4n) is 2.98. The highest BCUT2D eigenvalue weighted by Gasteiger charge is 2.14. The lowest BCUT2D eigenvalue weighted by atomic mass is 10.1. The summed E-state index contributed by atoms with van der Waals surface area (Å²) < 4.78 is 2.41. The molecule has 7 heteroatoms. The number of hydrogen-bond donors (Lipinski definition) is 1. The fourth-order valence-corrected chi connectivity index (χ4v) is 4.19. The molecule has 0 atom stereocenters. The molecule has 0 spiro atoms. The summed E-state index contributed by atoms with van der Waals surface area (Å²) in [5.41, 5.74) is 0.155. The number of rotatable bonds is 4. The van der Waals surface area contributed by atoms with Crippen LogP contribution in [0.2, 0.25) is 5.02 Å². The van der Waals surface area contributed by atoms with Crippen LogP contribution in [0.15, 0.2) is 53.3 Å². The summed E-state index contributed by atoms with van der Waals surface area (Å²) in [6.45, 7) is 0.285. The van der Waals surface area contributed by atoms with Gasteiger partial charge in [0.1, 0.15) is 0 Å². The number of nitrogens with zero attached hydrogens (tertiary/aromatic N) is 2. The van der Waals surface area contributed by atoms with E-state index in [0.29, 0.717) is 21.5 Å². The molecule has 130 valence electrons. The summed E-state index contributed by atoms with van der Waals surface area (Å²) in [6, 6.07) is 14.6. The van der Waals surface area contributed by atoms with Crippen LogP contribution in [0.4, 0.5) is 0 Å². The maximum Gasteiger partial charge on any atom is 0.309 e. The van der Waals surface area contributed by atoms with Crippen LogP contribution in [0.1, 0.15) is 10.6 Å². The summed E-state index contributed by atoms with van der Waals surface area (Å²) in [5, 5.41) is 16.2. The maximum absolute atomic E-state index is 12.8. The predicted molar refractivity (Wildman–Crippen MR) is 103 cm³/mol. The molecule has 0 radical (unpaired) electrons. The van der Waals surface area contributed by atoms with Crippen LogP contribution in [0, 0.1) is 0 Å². The van der Waals surface area contributed by atoms with Crippen molar-refractivity contribution in [1.82, 2.24) is 9.78 Å². The summed E-state index contributed by atoms with van der Waals surface area (Å²) in [7, 11) is 0. The molecule has 0 saturated carbocycles. The Morgan fingerprint density at radius 3 is 2.69 bits per heavy atom. The van der Waals surface area contributed by atoms with Gasteiger partial charge >= 0.3 is 5.97 Å². The molecule has 2 heterocycles. The number of halogens is 1. The molecule has 0 aliphatic heterocycles. The maximum atomic E-state index is 12.8. The zero-order valence-corrected chi connectivity index (χ0v) is 15.0. The van der Waals surface area contributed by atoms with Crippen LogP contribution in [-0.4, -0.2) is 20.9 Å². The number of carboxylic acid groups (broad SMARTS) is 1. The van der Waals surface area contributed by atoms with Crippen LogP contribution in [-0.2, 0) is 17.8 Å². The van der Waals surface area contributed by atoms with Gasteiger partial charge in [0.15, 0.2) is 0 Å². The van der Waals surface area contributed by atoms with Gasteiger partial charge in [-0.1, -0.05) is 29.8 Å². The van der Waals surface area contributed by atoms with Crippen molar-refractivity contribution in [3.8, 4) is 0 Å². The van der Waals surface area contributed by atoms with E-state index in [-0.39, 0.29) is 18.5 Å². The first-order chi connectivity index (χ1) is 12.5. The van der Waals surface area contributed by atoms with Crippen molar-refractivity contribution in [3.05, 3.63) is 74.5 Å². The largest absolute Gasteiger partial charge is 0.481 e. The molecule has 2 aromatic carbocycles. The van der Waals surface area contributed by atoms with Gasteiger partial charge in [0.05, 0.1) is 24.0 Å². The van der Waals surface area contributed by atoms with Crippen LogP contribution in [0.5, 0.6) is 0 Å². The predicted octanol–water partition coefficient (Wildman–Crippen LogP) is 3.94. The summed E-state index contributed by atoms with van der Waals surface area (Å²) in [6.07, 6.45) is -0.233. The first-order valence-corrected chi connectivity index (χ1v) is 9.09. The smallest absolute Gasteiger partial charge is 0.309 e. The second-order valence-corrected chi connectivity index (χ2v) is 7.53. The van der Waals surface area contributed by atoms with E-state index in [4.69, 9.17) is 16.7 Å². The SMILES string of the molecule is O=C(O)Cc1nn(Cc2cc3cc(Cl)ccc3s2)c(=O)c2ccccc12. The third-order valence-corrected chi connectivity index (χ3v) is 5.43. The molecule has 0 amide bonds. The molecule has 2 aromatic heterocycles. The number of aliphatic carboxylic acids is 1. The van der Waals surface area contributed by atoms with E-state index >= 15 is 0 Å². The van der Waals surface area contributed by atoms with Crippen molar-refractivity contribution < 1.29 is 9.90 Å². The van der Waals surface area contributed by atoms with Gasteiger partial charge in [0.2, 0.25) is 0 Å². The van der Waals surface area contributed by atoms with E-state index in [1.807, 2.05) is 24.3 Å². The third-order valence-electron chi connectivity index (χ3n) is 4.10. The molecule has 1 N–H and O–H groups in total. The lowest BCUT2D eigenvalue weighted by Gasteiger charge is -2.09. The number of benzene rings is 2. The van der Waals surface area contributed by atoms with Gasteiger partial charge in [-0.25, -0.2) is 4.68 Å². The quantitative estimate of drug-likeness (QED) is 0.578. The Morgan fingerprint density at radius 1 is 1.15 bits per heavy atom. The summed E-state index contributed by atoms with van der Waals surface area (Å²) in [5.74, 6) is -0.982. The molecule has 4 rings (SSSR count). The fraction of sp³-hybridized carbons (Fsp3) is 0.105. The number of carboxylic acids is 1. The number of thiophene rings is 1. The highest BCUT2D eigenvalue weighted by molar-refractivity contribution is 7.19. The second kappa shape index (κ2) is 6.55. The van der Waals surface area contributed by atoms with Crippen molar-refractivity contribution in [2.24, 2.45) is 0 Å². The number of hydrogen-bond acceptors (Lipinski definition) is 4. The zero-order valence-electron chi connectivity index (χ0n) is 13.5. The molecule has 4 aromatic rings. The van der Waals surface area contributed by atoms with Crippen LogP contribution in [0.25, 0.3) is 20.9 Å². The molecule has 0 saturated heterocycles. The van der Waals surface area contributed by atoms with Crippen LogP contribution >= 0.6 is 22.9 Å². The van der Waals surface area contributed by atoms with Crippen molar-refractivity contribution in [2.75, 3.05) is 0 Å². The van der Waals surface area contributed by atoms with Gasteiger partial charge in [-0.05, 0) is 35.7 Å². The molecule has 0 aliphatic rings. The van der Waals surface area contributed by atoms with E-state index in [2.05, 4.69) is 5.10 Å². The Kier molecular flexibility index (Phi) is 4.22. The summed E-state index contributed by atoms with van der Waals surface area (Å²) in [4.78, 5) is 24.9. The van der Waals surface area contributed by atoms with Gasteiger partial charge in [0.25, 0.3) is 5.56 Å². The minimum absolute atomic E-state index is 0.231. The van der Waals surface area contributed by atoms with Crippen molar-refractivity contribution in [3.63, 3.8) is 0 Å². The van der Waals surface area contributed by atoms with Gasteiger partial charge in [-0.3, -0.25) is 9.59 Å². The van der Waals surface area contributed by atoms with Crippen molar-refractivity contribution >= 4 is 49.8 Å². The molecule has 26 heavy (non-hydrogen) atoms. The Bertz CT molecular complexity index is 1210. The van der Waals surface area contributed by atoms with Gasteiger partial charge in [-0.15, -0.1) is 11.3 Å². The standard InChI is InChI=1S/C19H13ClN2O3S/c20-12-5-6-17-11(7-12)8-13(26-17)10-22-19(25)15-4-2-1-3-14(15)16(21-22)9-18(23)24/h1-8H,9-10H2,(H,23,24). The third kappa shape index (κ3) is 3.09. The summed E-state index contributed by atoms with van der Waals surface area (Å²) >= 11 is 7.59. The monoisotopic (exact) mass is 384 g/mol. The molecule has 0 bridgehead atoms. The average Bonchev–Trinajstić information content (AvgIpc) is 3.00. The minimum Gasteiger partial charge on any atom is -0.481 e. The lowest BCUT2D eigenvalue weighted by molar-refractivity contribution is -0.136. The Balaban J connectivity index is 1.83. The minimum atomic E-state index is -0.982. The topological polar surface area (TPSA) is 72.2 Å². The molecule has 0 fully saturated rings. The number of fused-ring (bicyclic) bond motifs is 2. The average molecular weight is 385 g/mol. The van der Waals surface area contributed by atoms with Gasteiger partial charge in [-0.2, -0.15) is 5.10 Å². The van der Waals surface area contributed by atoms with Gasteiger partial charge in [0, 0.05) is 20.0 Å². The highest BCUT2D eigenvalue weighted by atomic mass is 35.5. The Hall–Kier alpha value is -2.70.